The van der Waals surface area contributed by atoms with Crippen LogP contribution >= 0.6 is 0 Å². The summed E-state index contributed by atoms with van der Waals surface area (Å²) in [7, 11) is 0. The number of aliphatic imine (C=N–C) groups is 2. The topological polar surface area (TPSA) is 58.9 Å². The van der Waals surface area contributed by atoms with Crippen LogP contribution in [-0.2, 0) is 9.59 Å². The van der Waals surface area contributed by atoms with Crippen LogP contribution in [-0.4, -0.2) is 25.2 Å². The van der Waals surface area contributed by atoms with Gasteiger partial charge in [0, 0.05) is 0 Å². The lowest BCUT2D eigenvalue weighted by atomic mass is 9.73. The highest BCUT2D eigenvalue weighted by Gasteiger charge is 2.51. The Kier molecular flexibility index (Phi) is 3.88. The van der Waals surface area contributed by atoms with Crippen LogP contribution in [0, 0.1) is 17.3 Å². The minimum atomic E-state index is 0.257. The van der Waals surface area contributed by atoms with Gasteiger partial charge in [-0.2, -0.15) is 0 Å². The average Bonchev–Trinajstić information content (AvgIpc) is 2.90. The molecule has 2 fully saturated rings. The van der Waals surface area contributed by atoms with Gasteiger partial charge in [-0.1, -0.05) is 0 Å². The number of hydrogen-bond acceptors (Lipinski definition) is 4. The van der Waals surface area contributed by atoms with Crippen LogP contribution in [0.4, 0.5) is 0 Å². The van der Waals surface area contributed by atoms with Gasteiger partial charge in [0.1, 0.15) is 0 Å². The predicted octanol–water partition coefficient (Wildman–Crippen LogP) is 2.24. The fourth-order valence-corrected chi connectivity index (χ4v) is 3.84. The number of rotatable bonds is 6. The summed E-state index contributed by atoms with van der Waals surface area (Å²) in [5.41, 5.74) is 0.257. The first-order valence-corrected chi connectivity index (χ1v) is 6.38. The van der Waals surface area contributed by atoms with E-state index in [0.29, 0.717) is 19.0 Å². The fraction of sp³-hybridized carbons (Fsp3) is 0.846. The van der Waals surface area contributed by atoms with E-state index in [9.17, 15) is 9.59 Å². The lowest BCUT2D eigenvalue weighted by molar-refractivity contribution is 0.181. The molecular weight excluding hydrogens is 216 g/mol. The van der Waals surface area contributed by atoms with Crippen molar-refractivity contribution in [3.63, 3.8) is 0 Å². The van der Waals surface area contributed by atoms with Crippen molar-refractivity contribution < 1.29 is 9.59 Å². The van der Waals surface area contributed by atoms with E-state index in [1.807, 2.05) is 0 Å². The summed E-state index contributed by atoms with van der Waals surface area (Å²) in [6, 6.07) is 0. The summed E-state index contributed by atoms with van der Waals surface area (Å²) >= 11 is 0. The summed E-state index contributed by atoms with van der Waals surface area (Å²) in [4.78, 5) is 27.7. The molecule has 0 radical (unpaired) electrons. The van der Waals surface area contributed by atoms with Crippen LogP contribution in [0.2, 0.25) is 0 Å². The first-order valence-electron chi connectivity index (χ1n) is 6.38. The molecule has 2 bridgehead atoms. The Morgan fingerprint density at radius 2 is 2.06 bits per heavy atom. The van der Waals surface area contributed by atoms with Crippen LogP contribution in [0.25, 0.3) is 0 Å². The SMILES string of the molecule is O=C=NCCCC1CC2CCC1(CN=C=O)C2. The maximum absolute atomic E-state index is 10.3. The minimum absolute atomic E-state index is 0.257. The number of carbonyl (C=O) groups excluding carboxylic acids is 2. The van der Waals surface area contributed by atoms with Gasteiger partial charge in [-0.3, -0.25) is 0 Å². The Morgan fingerprint density at radius 3 is 2.76 bits per heavy atom. The molecule has 4 nitrogen and oxygen atoms in total. The summed E-state index contributed by atoms with van der Waals surface area (Å²) in [5.74, 6) is 1.48. The van der Waals surface area contributed by atoms with Crippen LogP contribution < -0.4 is 0 Å². The molecule has 2 rings (SSSR count). The van der Waals surface area contributed by atoms with Gasteiger partial charge in [0.25, 0.3) is 0 Å². The molecule has 0 N–H and O–H groups in total. The molecular formula is C13H18N2O2. The zero-order valence-corrected chi connectivity index (χ0v) is 10.0. The third kappa shape index (κ3) is 2.54. The molecule has 0 aromatic rings. The average molecular weight is 234 g/mol. The van der Waals surface area contributed by atoms with E-state index in [2.05, 4.69) is 9.98 Å². The maximum atomic E-state index is 10.3. The van der Waals surface area contributed by atoms with E-state index in [1.54, 1.807) is 12.2 Å². The molecule has 0 heterocycles. The third-order valence-electron chi connectivity index (χ3n) is 4.58. The van der Waals surface area contributed by atoms with Crippen molar-refractivity contribution in [3.05, 3.63) is 0 Å². The number of isocyanates is 2. The molecule has 3 unspecified atom stereocenters. The highest BCUT2D eigenvalue weighted by atomic mass is 16.1. The zero-order chi connectivity index (χ0) is 12.1. The van der Waals surface area contributed by atoms with Gasteiger partial charge in [0.05, 0.1) is 13.1 Å². The van der Waals surface area contributed by atoms with Gasteiger partial charge in [0.15, 0.2) is 0 Å². The third-order valence-corrected chi connectivity index (χ3v) is 4.58. The quantitative estimate of drug-likeness (QED) is 0.402. The van der Waals surface area contributed by atoms with E-state index >= 15 is 0 Å². The summed E-state index contributed by atoms with van der Waals surface area (Å²) < 4.78 is 0. The van der Waals surface area contributed by atoms with Crippen molar-refractivity contribution in [1.82, 2.24) is 0 Å². The lowest BCUT2D eigenvalue weighted by Crippen LogP contribution is -2.28. The molecule has 0 saturated heterocycles. The first kappa shape index (κ1) is 12.2. The zero-order valence-electron chi connectivity index (χ0n) is 10.0. The number of hydrogen-bond donors (Lipinski definition) is 0. The second-order valence-electron chi connectivity index (χ2n) is 5.43. The first-order chi connectivity index (χ1) is 8.30. The molecule has 0 spiro atoms. The van der Waals surface area contributed by atoms with Crippen LogP contribution in [0.1, 0.15) is 38.5 Å². The molecule has 0 aromatic carbocycles. The summed E-state index contributed by atoms with van der Waals surface area (Å²) in [6.07, 6.45) is 10.3. The van der Waals surface area contributed by atoms with Gasteiger partial charge in [0.2, 0.25) is 12.2 Å². The van der Waals surface area contributed by atoms with Crippen molar-refractivity contribution in [2.45, 2.75) is 38.5 Å². The van der Waals surface area contributed by atoms with E-state index in [4.69, 9.17) is 0 Å². The van der Waals surface area contributed by atoms with Crippen LogP contribution in [0.15, 0.2) is 9.98 Å². The Bertz CT molecular complexity index is 370. The molecule has 2 saturated carbocycles. The Balaban J connectivity index is 1.92. The molecule has 2 aliphatic carbocycles. The molecule has 0 aliphatic heterocycles. The lowest BCUT2D eigenvalue weighted by Gasteiger charge is -2.33. The fourth-order valence-electron chi connectivity index (χ4n) is 3.84. The molecule has 2 aliphatic rings. The number of fused-ring (bicyclic) bond motifs is 2. The van der Waals surface area contributed by atoms with Gasteiger partial charge in [-0.15, -0.1) is 0 Å². The second-order valence-corrected chi connectivity index (χ2v) is 5.43. The van der Waals surface area contributed by atoms with Gasteiger partial charge in [-0.25, -0.2) is 19.6 Å². The van der Waals surface area contributed by atoms with Crippen molar-refractivity contribution in [1.29, 1.82) is 0 Å². The van der Waals surface area contributed by atoms with Gasteiger partial charge < -0.3 is 0 Å². The Hall–Kier alpha value is -1.24. The van der Waals surface area contributed by atoms with Crippen LogP contribution in [0.5, 0.6) is 0 Å². The molecule has 3 atom stereocenters. The monoisotopic (exact) mass is 234 g/mol. The largest absolute Gasteiger partial charge is 0.234 e. The van der Waals surface area contributed by atoms with Crippen molar-refractivity contribution >= 4 is 12.2 Å². The van der Waals surface area contributed by atoms with Crippen molar-refractivity contribution in [2.75, 3.05) is 13.1 Å². The van der Waals surface area contributed by atoms with Crippen LogP contribution in [0.3, 0.4) is 0 Å². The molecule has 0 amide bonds. The molecule has 92 valence electrons. The molecule has 0 aromatic heterocycles. The van der Waals surface area contributed by atoms with Gasteiger partial charge in [-0.05, 0) is 55.8 Å². The summed E-state index contributed by atoms with van der Waals surface area (Å²) in [5, 5.41) is 0. The minimum Gasteiger partial charge on any atom is -0.211 e. The second kappa shape index (κ2) is 5.39. The molecule has 4 heteroatoms. The number of nitrogens with zero attached hydrogens (tertiary/aromatic N) is 2. The highest BCUT2D eigenvalue weighted by Crippen LogP contribution is 2.59. The van der Waals surface area contributed by atoms with E-state index < -0.39 is 0 Å². The van der Waals surface area contributed by atoms with E-state index in [0.717, 1.165) is 18.8 Å². The maximum Gasteiger partial charge on any atom is 0.234 e. The van der Waals surface area contributed by atoms with Crippen molar-refractivity contribution in [2.24, 2.45) is 27.2 Å². The summed E-state index contributed by atoms with van der Waals surface area (Å²) in [6.45, 7) is 1.23. The highest BCUT2D eigenvalue weighted by molar-refractivity contribution is 5.33. The Morgan fingerprint density at radius 1 is 1.24 bits per heavy atom. The predicted molar refractivity (Wildman–Crippen MR) is 63.1 cm³/mol. The normalized spacial score (nSPS) is 34.1. The van der Waals surface area contributed by atoms with E-state index in [-0.39, 0.29) is 5.41 Å². The smallest absolute Gasteiger partial charge is 0.211 e. The Labute approximate surface area is 101 Å². The van der Waals surface area contributed by atoms with E-state index in [1.165, 1.54) is 25.7 Å². The standard InChI is InChI=1S/C13H18N2O2/c16-9-14-5-1-2-12-6-11-3-4-13(12,7-11)8-15-10-17/h11-12H,1-8H2. The van der Waals surface area contributed by atoms with Crippen molar-refractivity contribution in [3.8, 4) is 0 Å². The molecule has 17 heavy (non-hydrogen) atoms. The van der Waals surface area contributed by atoms with Gasteiger partial charge >= 0.3 is 0 Å².